The van der Waals surface area contributed by atoms with Gasteiger partial charge in [-0.25, -0.2) is 0 Å². The Labute approximate surface area is 89.6 Å². The second-order valence-corrected chi connectivity index (χ2v) is 3.58. The molecular formula is C11H16N2O2. The molecule has 82 valence electrons. The molecule has 0 aliphatic rings. The molecule has 1 rings (SSSR count). The van der Waals surface area contributed by atoms with Gasteiger partial charge in [-0.3, -0.25) is 9.78 Å². The maximum Gasteiger partial charge on any atom is 0.257 e. The van der Waals surface area contributed by atoms with Crippen molar-refractivity contribution in [2.75, 3.05) is 6.54 Å². The van der Waals surface area contributed by atoms with E-state index in [2.05, 4.69) is 4.98 Å². The molecule has 15 heavy (non-hydrogen) atoms. The molecule has 1 aromatic rings. The molecule has 0 radical (unpaired) electrons. The monoisotopic (exact) mass is 208 g/mol. The van der Waals surface area contributed by atoms with Gasteiger partial charge in [-0.2, -0.15) is 0 Å². The van der Waals surface area contributed by atoms with E-state index >= 15 is 0 Å². The van der Waals surface area contributed by atoms with Gasteiger partial charge in [0.05, 0.1) is 11.8 Å². The minimum Gasteiger partial charge on any atom is -0.505 e. The summed E-state index contributed by atoms with van der Waals surface area (Å²) in [5.74, 6) is -0.228. The number of pyridine rings is 1. The maximum absolute atomic E-state index is 12.0. The molecule has 0 aromatic carbocycles. The minimum absolute atomic E-state index is 0.0680. The average Bonchev–Trinajstić information content (AvgIpc) is 2.18. The summed E-state index contributed by atoms with van der Waals surface area (Å²) in [4.78, 5) is 17.4. The molecule has 0 bridgehead atoms. The third kappa shape index (κ3) is 2.46. The third-order valence-electron chi connectivity index (χ3n) is 2.26. The van der Waals surface area contributed by atoms with Crippen molar-refractivity contribution >= 4 is 5.91 Å². The molecule has 0 aliphatic heterocycles. The van der Waals surface area contributed by atoms with Crippen LogP contribution in [-0.2, 0) is 0 Å². The van der Waals surface area contributed by atoms with E-state index in [1.807, 2.05) is 20.8 Å². The van der Waals surface area contributed by atoms with Gasteiger partial charge in [0.25, 0.3) is 5.91 Å². The number of rotatable bonds is 3. The molecule has 1 amide bonds. The highest BCUT2D eigenvalue weighted by molar-refractivity contribution is 5.96. The molecule has 0 atom stereocenters. The summed E-state index contributed by atoms with van der Waals surface area (Å²) in [6.07, 6.45) is 2.78. The zero-order valence-corrected chi connectivity index (χ0v) is 9.27. The van der Waals surface area contributed by atoms with E-state index < -0.39 is 0 Å². The quantitative estimate of drug-likeness (QED) is 0.821. The minimum atomic E-state index is -0.160. The van der Waals surface area contributed by atoms with Crippen molar-refractivity contribution in [3.8, 4) is 5.75 Å². The van der Waals surface area contributed by atoms with E-state index in [1.54, 1.807) is 4.90 Å². The summed E-state index contributed by atoms with van der Waals surface area (Å²) >= 11 is 0. The van der Waals surface area contributed by atoms with Crippen molar-refractivity contribution in [1.29, 1.82) is 0 Å². The summed E-state index contributed by atoms with van der Waals surface area (Å²) < 4.78 is 0. The van der Waals surface area contributed by atoms with Crippen LogP contribution in [0.1, 0.15) is 31.1 Å². The first-order valence-electron chi connectivity index (χ1n) is 5.01. The molecule has 0 spiro atoms. The Bertz CT molecular complexity index is 350. The van der Waals surface area contributed by atoms with Crippen LogP contribution in [0.5, 0.6) is 5.75 Å². The number of nitrogens with zero attached hydrogens (tertiary/aromatic N) is 2. The first kappa shape index (κ1) is 11.5. The Morgan fingerprint density at radius 2 is 2.27 bits per heavy atom. The second-order valence-electron chi connectivity index (χ2n) is 3.58. The van der Waals surface area contributed by atoms with E-state index in [4.69, 9.17) is 0 Å². The van der Waals surface area contributed by atoms with Crippen LogP contribution < -0.4 is 0 Å². The Morgan fingerprint density at radius 3 is 2.73 bits per heavy atom. The van der Waals surface area contributed by atoms with Gasteiger partial charge >= 0.3 is 0 Å². The Hall–Kier alpha value is -1.58. The lowest BCUT2D eigenvalue weighted by atomic mass is 10.2. The van der Waals surface area contributed by atoms with Gasteiger partial charge in [-0.05, 0) is 26.8 Å². The average molecular weight is 208 g/mol. The Balaban J connectivity index is 2.98. The van der Waals surface area contributed by atoms with Crippen molar-refractivity contribution in [3.05, 3.63) is 24.0 Å². The Kier molecular flexibility index (Phi) is 3.66. The first-order chi connectivity index (χ1) is 7.07. The molecule has 4 nitrogen and oxygen atoms in total. The summed E-state index contributed by atoms with van der Waals surface area (Å²) in [5, 5.41) is 9.50. The number of hydrogen-bond acceptors (Lipinski definition) is 3. The van der Waals surface area contributed by atoms with Crippen LogP contribution in [-0.4, -0.2) is 33.5 Å². The van der Waals surface area contributed by atoms with Gasteiger partial charge < -0.3 is 10.0 Å². The van der Waals surface area contributed by atoms with E-state index in [0.717, 1.165) is 0 Å². The lowest BCUT2D eigenvalue weighted by Gasteiger charge is -2.25. The van der Waals surface area contributed by atoms with Crippen LogP contribution >= 0.6 is 0 Å². The standard InChI is InChI=1S/C11H16N2O2/c1-4-13(8(2)3)11(15)9-5-6-12-7-10(9)14/h5-8,14H,4H2,1-3H3. The van der Waals surface area contributed by atoms with Gasteiger partial charge in [0, 0.05) is 18.8 Å². The fourth-order valence-corrected chi connectivity index (χ4v) is 1.46. The van der Waals surface area contributed by atoms with Gasteiger partial charge in [-0.1, -0.05) is 0 Å². The number of carbonyl (C=O) groups is 1. The molecule has 0 unspecified atom stereocenters. The molecule has 0 aliphatic carbocycles. The van der Waals surface area contributed by atoms with Gasteiger partial charge in [0.15, 0.2) is 0 Å². The predicted molar refractivity (Wildman–Crippen MR) is 57.7 cm³/mol. The topological polar surface area (TPSA) is 53.4 Å². The molecule has 4 heteroatoms. The first-order valence-corrected chi connectivity index (χ1v) is 5.01. The molecule has 0 saturated carbocycles. The van der Waals surface area contributed by atoms with E-state index in [0.29, 0.717) is 12.1 Å². The van der Waals surface area contributed by atoms with Crippen LogP contribution in [0.4, 0.5) is 0 Å². The summed E-state index contributed by atoms with van der Waals surface area (Å²) in [6.45, 7) is 6.42. The van der Waals surface area contributed by atoms with Crippen molar-refractivity contribution in [2.45, 2.75) is 26.8 Å². The summed E-state index contributed by atoms with van der Waals surface area (Å²) in [7, 11) is 0. The third-order valence-corrected chi connectivity index (χ3v) is 2.26. The van der Waals surface area contributed by atoms with Crippen LogP contribution in [0, 0.1) is 0 Å². The second kappa shape index (κ2) is 4.77. The van der Waals surface area contributed by atoms with Gasteiger partial charge in [-0.15, -0.1) is 0 Å². The van der Waals surface area contributed by atoms with Crippen molar-refractivity contribution in [2.24, 2.45) is 0 Å². The van der Waals surface area contributed by atoms with E-state index in [-0.39, 0.29) is 17.7 Å². The van der Waals surface area contributed by atoms with Crippen LogP contribution in [0.25, 0.3) is 0 Å². The molecule has 1 aromatic heterocycles. The largest absolute Gasteiger partial charge is 0.505 e. The number of hydrogen-bond donors (Lipinski definition) is 1. The fourth-order valence-electron chi connectivity index (χ4n) is 1.46. The van der Waals surface area contributed by atoms with Crippen molar-refractivity contribution < 1.29 is 9.90 Å². The van der Waals surface area contributed by atoms with E-state index in [9.17, 15) is 9.90 Å². The highest BCUT2D eigenvalue weighted by Crippen LogP contribution is 2.17. The van der Waals surface area contributed by atoms with Crippen molar-refractivity contribution in [3.63, 3.8) is 0 Å². The fraction of sp³-hybridized carbons (Fsp3) is 0.455. The molecule has 0 saturated heterocycles. The van der Waals surface area contributed by atoms with Crippen molar-refractivity contribution in [1.82, 2.24) is 9.88 Å². The van der Waals surface area contributed by atoms with Crippen LogP contribution in [0.15, 0.2) is 18.5 Å². The molecule has 0 fully saturated rings. The predicted octanol–water partition coefficient (Wildman–Crippen LogP) is 1.66. The zero-order valence-electron chi connectivity index (χ0n) is 9.27. The number of aromatic hydroxyl groups is 1. The number of amides is 1. The Morgan fingerprint density at radius 1 is 1.60 bits per heavy atom. The summed E-state index contributed by atoms with van der Waals surface area (Å²) in [6, 6.07) is 1.65. The molecule has 1 heterocycles. The lowest BCUT2D eigenvalue weighted by molar-refractivity contribution is 0.0713. The lowest BCUT2D eigenvalue weighted by Crippen LogP contribution is -2.36. The highest BCUT2D eigenvalue weighted by atomic mass is 16.3. The molecule has 1 N–H and O–H groups in total. The number of aromatic nitrogens is 1. The number of carbonyl (C=O) groups excluding carboxylic acids is 1. The van der Waals surface area contributed by atoms with Gasteiger partial charge in [0.1, 0.15) is 5.75 Å². The molecular weight excluding hydrogens is 192 g/mol. The zero-order chi connectivity index (χ0) is 11.4. The SMILES string of the molecule is CCN(C(=O)c1ccncc1O)C(C)C. The van der Waals surface area contributed by atoms with Crippen LogP contribution in [0.3, 0.4) is 0 Å². The summed E-state index contributed by atoms with van der Waals surface area (Å²) in [5.41, 5.74) is 0.306. The van der Waals surface area contributed by atoms with Gasteiger partial charge in [0.2, 0.25) is 0 Å². The highest BCUT2D eigenvalue weighted by Gasteiger charge is 2.19. The maximum atomic E-state index is 12.0. The normalized spacial score (nSPS) is 10.4. The van der Waals surface area contributed by atoms with Crippen LogP contribution in [0.2, 0.25) is 0 Å². The smallest absolute Gasteiger partial charge is 0.257 e. The van der Waals surface area contributed by atoms with E-state index in [1.165, 1.54) is 18.5 Å².